The summed E-state index contributed by atoms with van der Waals surface area (Å²) in [6.07, 6.45) is 0. The number of anilines is 1. The molecule has 0 spiro atoms. The van der Waals surface area contributed by atoms with Gasteiger partial charge in [0, 0.05) is 6.54 Å². The van der Waals surface area contributed by atoms with E-state index < -0.39 is 4.92 Å². The van der Waals surface area contributed by atoms with Crippen LogP contribution in [-0.4, -0.2) is 30.2 Å². The van der Waals surface area contributed by atoms with E-state index in [9.17, 15) is 14.9 Å². The molecule has 0 bridgehead atoms. The lowest BCUT2D eigenvalue weighted by atomic mass is 10.3. The number of nitro groups is 1. The van der Waals surface area contributed by atoms with Gasteiger partial charge in [0.1, 0.15) is 17.9 Å². The number of para-hydroxylation sites is 2. The first-order chi connectivity index (χ1) is 11.9. The van der Waals surface area contributed by atoms with Crippen molar-refractivity contribution in [3.05, 3.63) is 45.8 Å². The Bertz CT molecular complexity index is 972. The SMILES string of the molecule is CCn1c(NC(=O)Cn2nc(C)c([N+](=O)[O-])c2C)nc2ccccc21. The maximum Gasteiger partial charge on any atom is 0.312 e. The first kappa shape index (κ1) is 16.6. The van der Waals surface area contributed by atoms with E-state index in [2.05, 4.69) is 15.4 Å². The largest absolute Gasteiger partial charge is 0.312 e. The zero-order chi connectivity index (χ0) is 18.1. The molecule has 1 amide bonds. The summed E-state index contributed by atoms with van der Waals surface area (Å²) in [6, 6.07) is 7.61. The predicted octanol–water partition coefficient (Wildman–Crippen LogP) is 2.42. The van der Waals surface area contributed by atoms with Gasteiger partial charge in [-0.25, -0.2) is 4.98 Å². The van der Waals surface area contributed by atoms with E-state index in [1.54, 1.807) is 13.8 Å². The fraction of sp³-hybridized carbons (Fsp3) is 0.312. The normalized spacial score (nSPS) is 11.0. The van der Waals surface area contributed by atoms with E-state index in [0.717, 1.165) is 11.0 Å². The van der Waals surface area contributed by atoms with Crippen LogP contribution in [0, 0.1) is 24.0 Å². The Morgan fingerprint density at radius 1 is 1.32 bits per heavy atom. The molecule has 0 aliphatic heterocycles. The molecule has 0 saturated carbocycles. The minimum atomic E-state index is -0.484. The number of aromatic nitrogens is 4. The van der Waals surface area contributed by atoms with E-state index in [1.807, 2.05) is 35.8 Å². The molecule has 1 N–H and O–H groups in total. The number of nitrogens with zero attached hydrogens (tertiary/aromatic N) is 5. The average molecular weight is 342 g/mol. The van der Waals surface area contributed by atoms with Gasteiger partial charge in [-0.1, -0.05) is 12.1 Å². The van der Waals surface area contributed by atoms with Crippen molar-refractivity contribution in [2.45, 2.75) is 33.9 Å². The van der Waals surface area contributed by atoms with E-state index in [4.69, 9.17) is 0 Å². The van der Waals surface area contributed by atoms with Crippen LogP contribution in [0.1, 0.15) is 18.3 Å². The number of benzene rings is 1. The second-order valence-electron chi connectivity index (χ2n) is 5.65. The average Bonchev–Trinajstić information content (AvgIpc) is 3.03. The van der Waals surface area contributed by atoms with Gasteiger partial charge in [-0.2, -0.15) is 5.10 Å². The van der Waals surface area contributed by atoms with Gasteiger partial charge >= 0.3 is 5.69 Å². The minimum absolute atomic E-state index is 0.0615. The van der Waals surface area contributed by atoms with Crippen molar-refractivity contribution >= 4 is 28.6 Å². The van der Waals surface area contributed by atoms with Gasteiger partial charge in [-0.15, -0.1) is 0 Å². The van der Waals surface area contributed by atoms with Crippen molar-refractivity contribution in [3.63, 3.8) is 0 Å². The molecule has 2 heterocycles. The van der Waals surface area contributed by atoms with Gasteiger partial charge in [-0.05, 0) is 32.9 Å². The van der Waals surface area contributed by atoms with Gasteiger partial charge in [-0.3, -0.25) is 24.9 Å². The molecule has 0 aliphatic rings. The van der Waals surface area contributed by atoms with Gasteiger partial charge in [0.05, 0.1) is 16.0 Å². The van der Waals surface area contributed by atoms with Crippen LogP contribution in [0.2, 0.25) is 0 Å². The third-order valence-corrected chi connectivity index (χ3v) is 4.04. The summed E-state index contributed by atoms with van der Waals surface area (Å²) in [7, 11) is 0. The lowest BCUT2D eigenvalue weighted by Gasteiger charge is -2.08. The predicted molar refractivity (Wildman–Crippen MR) is 92.4 cm³/mol. The minimum Gasteiger partial charge on any atom is -0.310 e. The molecule has 3 aromatic rings. The number of imidazole rings is 1. The molecule has 130 valence electrons. The Hall–Kier alpha value is -3.23. The maximum absolute atomic E-state index is 12.4. The highest BCUT2D eigenvalue weighted by Gasteiger charge is 2.23. The van der Waals surface area contributed by atoms with Crippen LogP contribution in [0.15, 0.2) is 24.3 Å². The van der Waals surface area contributed by atoms with Crippen molar-refractivity contribution in [2.24, 2.45) is 0 Å². The molecule has 0 atom stereocenters. The summed E-state index contributed by atoms with van der Waals surface area (Å²) in [5.41, 5.74) is 2.30. The number of hydrogen-bond acceptors (Lipinski definition) is 5. The second kappa shape index (κ2) is 6.34. The number of rotatable bonds is 5. The molecular formula is C16H18N6O3. The molecule has 0 saturated heterocycles. The highest BCUT2D eigenvalue weighted by Crippen LogP contribution is 2.22. The van der Waals surface area contributed by atoms with Crippen molar-refractivity contribution in [3.8, 4) is 0 Å². The molecule has 3 rings (SSSR count). The Balaban J connectivity index is 1.84. The third kappa shape index (κ3) is 2.95. The van der Waals surface area contributed by atoms with Gasteiger partial charge in [0.15, 0.2) is 0 Å². The number of carbonyl (C=O) groups excluding carboxylic acids is 1. The monoisotopic (exact) mass is 342 g/mol. The standard InChI is InChI=1S/C16H18N6O3/c1-4-20-13-8-6-5-7-12(13)17-16(20)18-14(23)9-21-11(3)15(22(24)25)10(2)19-21/h5-8H,4,9H2,1-3H3,(H,17,18,23). The van der Waals surface area contributed by atoms with Gasteiger partial charge < -0.3 is 4.57 Å². The zero-order valence-electron chi connectivity index (χ0n) is 14.2. The fourth-order valence-electron chi connectivity index (χ4n) is 2.90. The Kier molecular flexibility index (Phi) is 4.22. The van der Waals surface area contributed by atoms with E-state index in [0.29, 0.717) is 18.2 Å². The molecule has 25 heavy (non-hydrogen) atoms. The number of carbonyl (C=O) groups is 1. The first-order valence-electron chi connectivity index (χ1n) is 7.85. The topological polar surface area (TPSA) is 108 Å². The summed E-state index contributed by atoms with van der Waals surface area (Å²) in [5.74, 6) is 0.107. The van der Waals surface area contributed by atoms with Crippen molar-refractivity contribution in [2.75, 3.05) is 5.32 Å². The van der Waals surface area contributed by atoms with E-state index >= 15 is 0 Å². The van der Waals surface area contributed by atoms with Crippen LogP contribution in [-0.2, 0) is 17.9 Å². The molecule has 1 aromatic carbocycles. The molecular weight excluding hydrogens is 324 g/mol. The molecule has 0 fully saturated rings. The summed E-state index contributed by atoms with van der Waals surface area (Å²) >= 11 is 0. The Morgan fingerprint density at radius 3 is 2.68 bits per heavy atom. The van der Waals surface area contributed by atoms with Crippen LogP contribution >= 0.6 is 0 Å². The van der Waals surface area contributed by atoms with Crippen LogP contribution in [0.4, 0.5) is 11.6 Å². The number of fused-ring (bicyclic) bond motifs is 1. The fourth-order valence-corrected chi connectivity index (χ4v) is 2.90. The number of aryl methyl sites for hydroxylation is 2. The number of hydrogen-bond donors (Lipinski definition) is 1. The smallest absolute Gasteiger partial charge is 0.310 e. The molecule has 9 nitrogen and oxygen atoms in total. The molecule has 0 aliphatic carbocycles. The highest BCUT2D eigenvalue weighted by molar-refractivity contribution is 5.91. The van der Waals surface area contributed by atoms with Crippen molar-refractivity contribution < 1.29 is 9.72 Å². The second-order valence-corrected chi connectivity index (χ2v) is 5.65. The Labute approximate surface area is 143 Å². The molecule has 9 heteroatoms. The van der Waals surface area contributed by atoms with Crippen molar-refractivity contribution in [1.82, 2.24) is 19.3 Å². The Morgan fingerprint density at radius 2 is 2.04 bits per heavy atom. The zero-order valence-corrected chi connectivity index (χ0v) is 14.2. The van der Waals surface area contributed by atoms with Gasteiger partial charge in [0.25, 0.3) is 0 Å². The third-order valence-electron chi connectivity index (χ3n) is 4.04. The van der Waals surface area contributed by atoms with Crippen molar-refractivity contribution in [1.29, 1.82) is 0 Å². The van der Waals surface area contributed by atoms with E-state index in [-0.39, 0.29) is 23.8 Å². The van der Waals surface area contributed by atoms with Crippen LogP contribution in [0.5, 0.6) is 0 Å². The molecule has 0 unspecified atom stereocenters. The van der Waals surface area contributed by atoms with Crippen LogP contribution in [0.25, 0.3) is 11.0 Å². The summed E-state index contributed by atoms with van der Waals surface area (Å²) in [4.78, 5) is 27.4. The summed E-state index contributed by atoms with van der Waals surface area (Å²) in [6.45, 7) is 5.63. The molecule has 2 aromatic heterocycles. The number of nitrogens with one attached hydrogen (secondary N) is 1. The highest BCUT2D eigenvalue weighted by atomic mass is 16.6. The van der Waals surface area contributed by atoms with Crippen LogP contribution in [0.3, 0.4) is 0 Å². The lowest BCUT2D eigenvalue weighted by molar-refractivity contribution is -0.386. The van der Waals surface area contributed by atoms with Gasteiger partial charge in [0.2, 0.25) is 11.9 Å². The quantitative estimate of drug-likeness (QED) is 0.566. The molecule has 0 radical (unpaired) electrons. The summed E-state index contributed by atoms with van der Waals surface area (Å²) in [5, 5.41) is 17.9. The summed E-state index contributed by atoms with van der Waals surface area (Å²) < 4.78 is 3.23. The lowest BCUT2D eigenvalue weighted by Crippen LogP contribution is -2.22. The van der Waals surface area contributed by atoms with Crippen LogP contribution < -0.4 is 5.32 Å². The maximum atomic E-state index is 12.4. The number of amides is 1. The first-order valence-corrected chi connectivity index (χ1v) is 7.85. The van der Waals surface area contributed by atoms with E-state index in [1.165, 1.54) is 4.68 Å².